The van der Waals surface area contributed by atoms with Gasteiger partial charge < -0.3 is 19.5 Å². The Morgan fingerprint density at radius 2 is 2.33 bits per heavy atom. The van der Waals surface area contributed by atoms with Crippen molar-refractivity contribution in [1.82, 2.24) is 5.32 Å². The smallest absolute Gasteiger partial charge is 0.260 e. The van der Waals surface area contributed by atoms with E-state index in [-0.39, 0.29) is 12.0 Å². The van der Waals surface area contributed by atoms with Crippen molar-refractivity contribution in [1.29, 1.82) is 0 Å². The van der Waals surface area contributed by atoms with Gasteiger partial charge in [0.15, 0.2) is 6.10 Å². The van der Waals surface area contributed by atoms with Gasteiger partial charge in [-0.1, -0.05) is 11.6 Å². The van der Waals surface area contributed by atoms with Crippen molar-refractivity contribution in [3.8, 4) is 5.75 Å². The number of carbonyl (C=O) groups is 1. The number of halogens is 1. The van der Waals surface area contributed by atoms with Gasteiger partial charge in [-0.2, -0.15) is 0 Å². The lowest BCUT2D eigenvalue weighted by atomic mass is 10.2. The van der Waals surface area contributed by atoms with Gasteiger partial charge in [0.1, 0.15) is 5.75 Å². The zero-order valence-corrected chi connectivity index (χ0v) is 15.1. The van der Waals surface area contributed by atoms with Gasteiger partial charge in [-0.15, -0.1) is 0 Å². The Hall–Kier alpha value is -1.30. The Bertz CT molecular complexity index is 532. The molecule has 1 fully saturated rings. The normalized spacial score (nSPS) is 18.4. The molecule has 1 amide bonds. The van der Waals surface area contributed by atoms with E-state index in [0.29, 0.717) is 30.5 Å². The first-order valence-corrected chi connectivity index (χ1v) is 8.84. The number of amides is 1. The van der Waals surface area contributed by atoms with E-state index < -0.39 is 6.10 Å². The van der Waals surface area contributed by atoms with Crippen LogP contribution < -0.4 is 10.1 Å². The number of carbonyl (C=O) groups excluding carboxylic acids is 1. The maximum Gasteiger partial charge on any atom is 0.260 e. The fraction of sp³-hybridized carbons (Fsp3) is 0.611. The average molecular weight is 356 g/mol. The van der Waals surface area contributed by atoms with Gasteiger partial charge in [0.05, 0.1) is 12.7 Å². The molecule has 0 aromatic heterocycles. The Kier molecular flexibility index (Phi) is 7.82. The molecule has 0 aliphatic carbocycles. The largest absolute Gasteiger partial charge is 0.481 e. The van der Waals surface area contributed by atoms with E-state index in [1.165, 1.54) is 0 Å². The fourth-order valence-corrected chi connectivity index (χ4v) is 2.59. The molecule has 6 heteroatoms. The first kappa shape index (κ1) is 19.0. The van der Waals surface area contributed by atoms with Crippen LogP contribution in [-0.2, 0) is 14.3 Å². The van der Waals surface area contributed by atoms with Gasteiger partial charge in [-0.25, -0.2) is 0 Å². The van der Waals surface area contributed by atoms with Crippen molar-refractivity contribution in [3.63, 3.8) is 0 Å². The standard InChI is InChI=1S/C18H26ClNO4/c1-13-11-15(6-7-17(13)19)24-14(2)18(21)20-8-4-9-22-12-16-5-3-10-23-16/h6-7,11,14,16H,3-5,8-10,12H2,1-2H3,(H,20,21). The molecule has 5 nitrogen and oxygen atoms in total. The second-order valence-electron chi connectivity index (χ2n) is 6.03. The lowest BCUT2D eigenvalue weighted by Gasteiger charge is -2.15. The predicted octanol–water partition coefficient (Wildman–Crippen LogP) is 3.12. The van der Waals surface area contributed by atoms with Gasteiger partial charge in [0, 0.05) is 24.8 Å². The predicted molar refractivity (Wildman–Crippen MR) is 93.7 cm³/mol. The van der Waals surface area contributed by atoms with E-state index in [1.807, 2.05) is 13.0 Å². The third kappa shape index (κ3) is 6.30. The molecule has 2 atom stereocenters. The summed E-state index contributed by atoms with van der Waals surface area (Å²) in [5.41, 5.74) is 0.921. The Morgan fingerprint density at radius 1 is 1.50 bits per heavy atom. The van der Waals surface area contributed by atoms with Gasteiger partial charge in [-0.05, 0) is 56.9 Å². The summed E-state index contributed by atoms with van der Waals surface area (Å²) in [6.45, 7) is 6.30. The van der Waals surface area contributed by atoms with Gasteiger partial charge in [0.2, 0.25) is 0 Å². The number of ether oxygens (including phenoxy) is 3. The zero-order valence-electron chi connectivity index (χ0n) is 14.3. The SMILES string of the molecule is Cc1cc(OC(C)C(=O)NCCCOCC2CCCO2)ccc1Cl. The monoisotopic (exact) mass is 355 g/mol. The lowest BCUT2D eigenvalue weighted by molar-refractivity contribution is -0.127. The molecule has 2 rings (SSSR count). The second kappa shape index (κ2) is 9.87. The molecule has 24 heavy (non-hydrogen) atoms. The molecule has 134 valence electrons. The maximum absolute atomic E-state index is 12.0. The van der Waals surface area contributed by atoms with Crippen molar-refractivity contribution < 1.29 is 19.0 Å². The van der Waals surface area contributed by atoms with Crippen molar-refractivity contribution in [2.24, 2.45) is 0 Å². The van der Waals surface area contributed by atoms with Crippen LogP contribution in [0.25, 0.3) is 0 Å². The van der Waals surface area contributed by atoms with Crippen molar-refractivity contribution in [3.05, 3.63) is 28.8 Å². The number of hydrogen-bond donors (Lipinski definition) is 1. The van der Waals surface area contributed by atoms with Crippen LogP contribution in [0.15, 0.2) is 18.2 Å². The van der Waals surface area contributed by atoms with Crippen LogP contribution in [0.4, 0.5) is 0 Å². The molecule has 1 heterocycles. The molecule has 1 aromatic carbocycles. The minimum Gasteiger partial charge on any atom is -0.481 e. The molecule has 1 aromatic rings. The van der Waals surface area contributed by atoms with E-state index >= 15 is 0 Å². The molecule has 0 saturated carbocycles. The zero-order chi connectivity index (χ0) is 17.4. The van der Waals surface area contributed by atoms with Crippen molar-refractivity contribution in [2.75, 3.05) is 26.4 Å². The molecular formula is C18H26ClNO4. The Morgan fingerprint density at radius 3 is 3.04 bits per heavy atom. The highest BCUT2D eigenvalue weighted by atomic mass is 35.5. The molecular weight excluding hydrogens is 330 g/mol. The van der Waals surface area contributed by atoms with E-state index in [0.717, 1.165) is 31.4 Å². The van der Waals surface area contributed by atoms with Gasteiger partial charge in [0.25, 0.3) is 5.91 Å². The van der Waals surface area contributed by atoms with Crippen molar-refractivity contribution in [2.45, 2.75) is 45.3 Å². The summed E-state index contributed by atoms with van der Waals surface area (Å²) in [4.78, 5) is 12.0. The molecule has 0 bridgehead atoms. The molecule has 0 radical (unpaired) electrons. The Balaban J connectivity index is 1.58. The highest BCUT2D eigenvalue weighted by molar-refractivity contribution is 6.31. The number of hydrogen-bond acceptors (Lipinski definition) is 4. The first-order valence-electron chi connectivity index (χ1n) is 8.46. The van der Waals surface area contributed by atoms with E-state index in [2.05, 4.69) is 5.32 Å². The summed E-state index contributed by atoms with van der Waals surface area (Å²) >= 11 is 5.98. The minimum atomic E-state index is -0.557. The summed E-state index contributed by atoms with van der Waals surface area (Å²) < 4.78 is 16.7. The summed E-state index contributed by atoms with van der Waals surface area (Å²) in [7, 11) is 0. The van der Waals surface area contributed by atoms with Crippen LogP contribution in [0.5, 0.6) is 5.75 Å². The minimum absolute atomic E-state index is 0.137. The number of rotatable bonds is 9. The third-order valence-corrected chi connectivity index (χ3v) is 4.33. The van der Waals surface area contributed by atoms with Crippen LogP contribution >= 0.6 is 11.6 Å². The molecule has 1 N–H and O–H groups in total. The third-order valence-electron chi connectivity index (χ3n) is 3.90. The van der Waals surface area contributed by atoms with E-state index in [9.17, 15) is 4.79 Å². The highest BCUT2D eigenvalue weighted by Gasteiger charge is 2.16. The van der Waals surface area contributed by atoms with Crippen LogP contribution in [0.1, 0.15) is 31.7 Å². The summed E-state index contributed by atoms with van der Waals surface area (Å²) in [5.74, 6) is 0.501. The second-order valence-corrected chi connectivity index (χ2v) is 6.43. The van der Waals surface area contributed by atoms with Gasteiger partial charge >= 0.3 is 0 Å². The molecule has 1 saturated heterocycles. The number of benzene rings is 1. The van der Waals surface area contributed by atoms with Gasteiger partial charge in [-0.3, -0.25) is 4.79 Å². The molecule has 0 spiro atoms. The van der Waals surface area contributed by atoms with Crippen LogP contribution in [-0.4, -0.2) is 44.5 Å². The van der Waals surface area contributed by atoms with E-state index in [4.69, 9.17) is 25.8 Å². The van der Waals surface area contributed by atoms with Crippen LogP contribution in [0.3, 0.4) is 0 Å². The molecule has 2 unspecified atom stereocenters. The molecule has 1 aliphatic rings. The maximum atomic E-state index is 12.0. The highest BCUT2D eigenvalue weighted by Crippen LogP contribution is 2.21. The quantitative estimate of drug-likeness (QED) is 0.691. The molecule has 1 aliphatic heterocycles. The fourth-order valence-electron chi connectivity index (χ4n) is 2.47. The van der Waals surface area contributed by atoms with Crippen LogP contribution in [0, 0.1) is 6.92 Å². The van der Waals surface area contributed by atoms with Crippen molar-refractivity contribution >= 4 is 17.5 Å². The Labute approximate surface area is 148 Å². The average Bonchev–Trinajstić information content (AvgIpc) is 3.07. The summed E-state index contributed by atoms with van der Waals surface area (Å²) in [5, 5.41) is 3.54. The first-order chi connectivity index (χ1) is 11.6. The topological polar surface area (TPSA) is 56.8 Å². The summed E-state index contributed by atoms with van der Waals surface area (Å²) in [6, 6.07) is 5.35. The van der Waals surface area contributed by atoms with Crippen LogP contribution in [0.2, 0.25) is 5.02 Å². The number of nitrogens with one attached hydrogen (secondary N) is 1. The van der Waals surface area contributed by atoms with E-state index in [1.54, 1.807) is 19.1 Å². The number of aryl methyl sites for hydroxylation is 1. The lowest BCUT2D eigenvalue weighted by Crippen LogP contribution is -2.37. The summed E-state index contributed by atoms with van der Waals surface area (Å²) in [6.07, 6.45) is 2.66.